The van der Waals surface area contributed by atoms with Crippen molar-refractivity contribution in [3.8, 4) is 0 Å². The van der Waals surface area contributed by atoms with E-state index in [9.17, 15) is 0 Å². The Morgan fingerprint density at radius 2 is 1.71 bits per heavy atom. The largest absolute Gasteiger partial charge is 0.195 e. The van der Waals surface area contributed by atoms with Gasteiger partial charge in [-0.25, -0.2) is 0 Å². The second-order valence-corrected chi connectivity index (χ2v) is 4.55. The predicted molar refractivity (Wildman–Crippen MR) is 78.4 cm³/mol. The van der Waals surface area contributed by atoms with Gasteiger partial charge in [0.05, 0.1) is 10.8 Å². The first kappa shape index (κ1) is 14.1. The molecule has 0 aromatic heterocycles. The minimum Gasteiger partial charge on any atom is -0.195 e. The molecule has 1 nitrogen and oxygen atoms in total. The molecule has 0 heterocycles. The van der Waals surface area contributed by atoms with Gasteiger partial charge in [0.15, 0.2) is 0 Å². The standard InChI is InChI=1S/C15H21NS/c1-3-5-7-13-9-10-15(16-12-17)11-14(13)8-6-4-2/h9-11H,3-8H2,1-2H3. The number of nitrogens with zero attached hydrogens (tertiary/aromatic N) is 1. The predicted octanol–water partition coefficient (Wildman–Crippen LogP) is 5.11. The van der Waals surface area contributed by atoms with Crippen LogP contribution in [-0.4, -0.2) is 5.16 Å². The first-order valence-electron chi connectivity index (χ1n) is 6.51. The average molecular weight is 247 g/mol. The molecule has 0 saturated heterocycles. The SMILES string of the molecule is CCCCc1ccc(N=C=S)cc1CCCC. The first-order valence-corrected chi connectivity index (χ1v) is 6.92. The molecule has 92 valence electrons. The van der Waals surface area contributed by atoms with Gasteiger partial charge in [-0.05, 0) is 61.2 Å². The lowest BCUT2D eigenvalue weighted by molar-refractivity contribution is 0.758. The number of aryl methyl sites for hydroxylation is 2. The van der Waals surface area contributed by atoms with E-state index in [0.29, 0.717) is 0 Å². The molecule has 0 saturated carbocycles. The quantitative estimate of drug-likeness (QED) is 0.482. The summed E-state index contributed by atoms with van der Waals surface area (Å²) in [6.07, 6.45) is 7.30. The number of aliphatic imine (C=N–C) groups is 1. The molecule has 0 radical (unpaired) electrons. The van der Waals surface area contributed by atoms with Crippen molar-refractivity contribution in [2.45, 2.75) is 52.4 Å². The van der Waals surface area contributed by atoms with Crippen molar-refractivity contribution in [2.75, 3.05) is 0 Å². The van der Waals surface area contributed by atoms with E-state index in [2.05, 4.69) is 48.4 Å². The zero-order chi connectivity index (χ0) is 12.5. The zero-order valence-electron chi connectivity index (χ0n) is 10.8. The summed E-state index contributed by atoms with van der Waals surface area (Å²) >= 11 is 4.65. The van der Waals surface area contributed by atoms with E-state index in [0.717, 1.165) is 12.1 Å². The Bertz CT molecular complexity index is 392. The molecule has 0 aliphatic carbocycles. The third-order valence-electron chi connectivity index (χ3n) is 2.96. The Balaban J connectivity index is 2.89. The number of rotatable bonds is 7. The minimum atomic E-state index is 0.936. The van der Waals surface area contributed by atoms with Crippen LogP contribution in [0.25, 0.3) is 0 Å². The average Bonchev–Trinajstić information content (AvgIpc) is 2.35. The van der Waals surface area contributed by atoms with E-state index < -0.39 is 0 Å². The van der Waals surface area contributed by atoms with E-state index in [4.69, 9.17) is 0 Å². The van der Waals surface area contributed by atoms with Gasteiger partial charge in [-0.3, -0.25) is 0 Å². The molecule has 0 fully saturated rings. The maximum Gasteiger partial charge on any atom is 0.0742 e. The molecule has 2 heteroatoms. The molecule has 17 heavy (non-hydrogen) atoms. The molecule has 0 atom stereocenters. The van der Waals surface area contributed by atoms with Crippen LogP contribution in [0.1, 0.15) is 50.7 Å². The van der Waals surface area contributed by atoms with Crippen LogP contribution in [-0.2, 0) is 12.8 Å². The van der Waals surface area contributed by atoms with Crippen molar-refractivity contribution in [1.82, 2.24) is 0 Å². The fourth-order valence-corrected chi connectivity index (χ4v) is 2.05. The second kappa shape index (κ2) is 8.16. The smallest absolute Gasteiger partial charge is 0.0742 e. The van der Waals surface area contributed by atoms with Crippen molar-refractivity contribution in [1.29, 1.82) is 0 Å². The normalized spacial score (nSPS) is 10.0. The van der Waals surface area contributed by atoms with Gasteiger partial charge < -0.3 is 0 Å². The van der Waals surface area contributed by atoms with Gasteiger partial charge in [0.1, 0.15) is 0 Å². The van der Waals surface area contributed by atoms with Gasteiger partial charge in [-0.15, -0.1) is 0 Å². The third kappa shape index (κ3) is 4.80. The molecule has 0 N–H and O–H groups in total. The van der Waals surface area contributed by atoms with Crippen molar-refractivity contribution in [2.24, 2.45) is 4.99 Å². The number of benzene rings is 1. The lowest BCUT2D eigenvalue weighted by Gasteiger charge is -2.09. The van der Waals surface area contributed by atoms with Crippen LogP contribution in [0.5, 0.6) is 0 Å². The number of hydrogen-bond acceptors (Lipinski definition) is 2. The molecule has 1 rings (SSSR count). The van der Waals surface area contributed by atoms with Crippen molar-refractivity contribution in [3.63, 3.8) is 0 Å². The maximum atomic E-state index is 4.65. The molecule has 0 unspecified atom stereocenters. The highest BCUT2D eigenvalue weighted by atomic mass is 32.1. The summed E-state index contributed by atoms with van der Waals surface area (Å²) < 4.78 is 0. The van der Waals surface area contributed by atoms with Crippen molar-refractivity contribution in [3.05, 3.63) is 29.3 Å². The van der Waals surface area contributed by atoms with Gasteiger partial charge in [0.2, 0.25) is 0 Å². The second-order valence-electron chi connectivity index (χ2n) is 4.36. The number of hydrogen-bond donors (Lipinski definition) is 0. The van der Waals surface area contributed by atoms with Crippen LogP contribution in [0.15, 0.2) is 23.2 Å². The summed E-state index contributed by atoms with van der Waals surface area (Å²) in [5.41, 5.74) is 3.85. The van der Waals surface area contributed by atoms with Crippen LogP contribution in [0.3, 0.4) is 0 Å². The molecule has 0 spiro atoms. The summed E-state index contributed by atoms with van der Waals surface area (Å²) in [4.78, 5) is 4.06. The van der Waals surface area contributed by atoms with E-state index in [1.165, 1.54) is 43.2 Å². The van der Waals surface area contributed by atoms with Gasteiger partial charge in [-0.2, -0.15) is 4.99 Å². The highest BCUT2D eigenvalue weighted by Gasteiger charge is 2.03. The van der Waals surface area contributed by atoms with Crippen LogP contribution in [0, 0.1) is 0 Å². The highest BCUT2D eigenvalue weighted by molar-refractivity contribution is 7.78. The molecule has 0 bridgehead atoms. The molecule has 0 aliphatic rings. The Kier molecular flexibility index (Phi) is 6.76. The van der Waals surface area contributed by atoms with Crippen LogP contribution < -0.4 is 0 Å². The Hall–Kier alpha value is -0.980. The van der Waals surface area contributed by atoms with Crippen LogP contribution >= 0.6 is 12.2 Å². The molecule has 0 amide bonds. The van der Waals surface area contributed by atoms with Crippen molar-refractivity contribution >= 4 is 23.1 Å². The fourth-order valence-electron chi connectivity index (χ4n) is 1.95. The molecular formula is C15H21NS. The number of unbranched alkanes of at least 4 members (excludes halogenated alkanes) is 2. The molecule has 1 aromatic carbocycles. The summed E-state index contributed by atoms with van der Waals surface area (Å²) in [6.45, 7) is 4.46. The topological polar surface area (TPSA) is 12.4 Å². The first-order chi connectivity index (χ1) is 8.31. The van der Waals surface area contributed by atoms with E-state index in [1.807, 2.05) is 6.07 Å². The molecular weight excluding hydrogens is 226 g/mol. The maximum absolute atomic E-state index is 4.65. The zero-order valence-corrected chi connectivity index (χ0v) is 11.6. The summed E-state index contributed by atoms with van der Waals surface area (Å²) in [5.74, 6) is 0. The minimum absolute atomic E-state index is 0.936. The number of isothiocyanates is 1. The summed E-state index contributed by atoms with van der Waals surface area (Å²) in [6, 6.07) is 6.41. The van der Waals surface area contributed by atoms with Crippen LogP contribution in [0.4, 0.5) is 5.69 Å². The van der Waals surface area contributed by atoms with E-state index >= 15 is 0 Å². The fraction of sp³-hybridized carbons (Fsp3) is 0.533. The van der Waals surface area contributed by atoms with Gasteiger partial charge >= 0.3 is 0 Å². The number of thiocarbonyl (C=S) groups is 1. The van der Waals surface area contributed by atoms with Crippen LogP contribution in [0.2, 0.25) is 0 Å². The van der Waals surface area contributed by atoms with Crippen molar-refractivity contribution < 1.29 is 0 Å². The third-order valence-corrected chi connectivity index (χ3v) is 3.06. The monoisotopic (exact) mass is 247 g/mol. The van der Waals surface area contributed by atoms with Gasteiger partial charge in [0.25, 0.3) is 0 Å². The summed E-state index contributed by atoms with van der Waals surface area (Å²) in [7, 11) is 0. The van der Waals surface area contributed by atoms with E-state index in [1.54, 1.807) is 0 Å². The highest BCUT2D eigenvalue weighted by Crippen LogP contribution is 2.21. The Morgan fingerprint density at radius 3 is 2.29 bits per heavy atom. The van der Waals surface area contributed by atoms with Gasteiger partial charge in [-0.1, -0.05) is 32.8 Å². The lowest BCUT2D eigenvalue weighted by atomic mass is 9.97. The van der Waals surface area contributed by atoms with E-state index in [-0.39, 0.29) is 0 Å². The van der Waals surface area contributed by atoms with Gasteiger partial charge in [0, 0.05) is 0 Å². The Labute approximate surface area is 110 Å². The molecule has 0 aliphatic heterocycles. The lowest BCUT2D eigenvalue weighted by Crippen LogP contribution is -1.94. The Morgan fingerprint density at radius 1 is 1.06 bits per heavy atom. The molecule has 1 aromatic rings. The summed E-state index contributed by atoms with van der Waals surface area (Å²) in [5, 5.41) is 2.44.